The maximum Gasteiger partial charge on any atom is 0.249 e. The second kappa shape index (κ2) is 7.00. The molecule has 130 valence electrons. The molecular formula is C17H24N4O3. The highest BCUT2D eigenvalue weighted by Gasteiger charge is 2.29. The molecule has 0 aliphatic carbocycles. The Morgan fingerprint density at radius 3 is 2.71 bits per heavy atom. The maximum absolute atomic E-state index is 12.2. The molecule has 0 fully saturated rings. The average Bonchev–Trinajstić information content (AvgIpc) is 3.03. The molecule has 24 heavy (non-hydrogen) atoms. The van der Waals surface area contributed by atoms with Crippen molar-refractivity contribution < 1.29 is 14.1 Å². The molecule has 7 heteroatoms. The number of methoxy groups -OCH3 is 1. The van der Waals surface area contributed by atoms with Gasteiger partial charge in [0.2, 0.25) is 17.6 Å². The molecule has 1 unspecified atom stereocenters. The van der Waals surface area contributed by atoms with Gasteiger partial charge in [0.15, 0.2) is 0 Å². The predicted octanol–water partition coefficient (Wildman–Crippen LogP) is 2.30. The molecule has 0 aliphatic rings. The number of amides is 1. The summed E-state index contributed by atoms with van der Waals surface area (Å²) in [4.78, 5) is 16.5. The van der Waals surface area contributed by atoms with Crippen molar-refractivity contribution in [1.29, 1.82) is 0 Å². The van der Waals surface area contributed by atoms with Crippen LogP contribution in [0.25, 0.3) is 11.4 Å². The molecule has 0 radical (unpaired) electrons. The zero-order valence-electron chi connectivity index (χ0n) is 14.7. The van der Waals surface area contributed by atoms with Crippen molar-refractivity contribution in [3.63, 3.8) is 0 Å². The summed E-state index contributed by atoms with van der Waals surface area (Å²) in [5.74, 6) is 1.21. The quantitative estimate of drug-likeness (QED) is 0.871. The Hall–Kier alpha value is -2.41. The normalized spacial score (nSPS) is 14.1. The minimum atomic E-state index is -0.624. The van der Waals surface area contributed by atoms with Gasteiger partial charge in [0.25, 0.3) is 0 Å². The fraction of sp³-hybridized carbons (Fsp3) is 0.471. The Bertz CT molecular complexity index is 706. The molecule has 0 aliphatic heterocycles. The summed E-state index contributed by atoms with van der Waals surface area (Å²) < 4.78 is 10.4. The van der Waals surface area contributed by atoms with Crippen LogP contribution in [0.1, 0.15) is 39.6 Å². The first-order chi connectivity index (χ1) is 11.2. The Balaban J connectivity index is 2.11. The topological polar surface area (TPSA) is 103 Å². The molecule has 0 saturated heterocycles. The summed E-state index contributed by atoms with van der Waals surface area (Å²) in [6.07, 6.45) is 0. The van der Waals surface area contributed by atoms with Crippen molar-refractivity contribution in [1.82, 2.24) is 15.5 Å². The second-order valence-electron chi connectivity index (χ2n) is 6.76. The van der Waals surface area contributed by atoms with Crippen molar-refractivity contribution in [2.45, 2.75) is 39.8 Å². The molecule has 1 aromatic heterocycles. The van der Waals surface area contributed by atoms with E-state index in [1.54, 1.807) is 14.0 Å². The Morgan fingerprint density at radius 1 is 1.38 bits per heavy atom. The monoisotopic (exact) mass is 332 g/mol. The van der Waals surface area contributed by atoms with E-state index in [1.165, 1.54) is 0 Å². The van der Waals surface area contributed by atoms with E-state index in [1.807, 2.05) is 45.0 Å². The summed E-state index contributed by atoms with van der Waals surface area (Å²) in [6, 6.07) is 6.29. The molecule has 0 saturated carbocycles. The van der Waals surface area contributed by atoms with Gasteiger partial charge in [-0.25, -0.2) is 0 Å². The summed E-state index contributed by atoms with van der Waals surface area (Å²) in [5.41, 5.74) is 6.40. The predicted molar refractivity (Wildman–Crippen MR) is 90.3 cm³/mol. The Morgan fingerprint density at radius 2 is 2.08 bits per heavy atom. The summed E-state index contributed by atoms with van der Waals surface area (Å²) >= 11 is 0. The number of nitrogens with zero attached hydrogens (tertiary/aromatic N) is 2. The lowest BCUT2D eigenvalue weighted by Crippen LogP contribution is -2.49. The first-order valence-electron chi connectivity index (χ1n) is 7.76. The fourth-order valence-corrected chi connectivity index (χ4v) is 2.05. The first-order valence-corrected chi connectivity index (χ1v) is 7.76. The molecule has 2 rings (SSSR count). The van der Waals surface area contributed by atoms with Crippen molar-refractivity contribution in [3.05, 3.63) is 30.2 Å². The van der Waals surface area contributed by atoms with Gasteiger partial charge in [0, 0.05) is 5.56 Å². The molecule has 7 nitrogen and oxygen atoms in total. The number of aromatic nitrogens is 2. The van der Waals surface area contributed by atoms with Crippen LogP contribution in [-0.4, -0.2) is 29.2 Å². The van der Waals surface area contributed by atoms with Crippen LogP contribution < -0.4 is 15.8 Å². The third-order valence-electron chi connectivity index (χ3n) is 3.71. The van der Waals surface area contributed by atoms with Crippen molar-refractivity contribution in [2.75, 3.05) is 7.11 Å². The third-order valence-corrected chi connectivity index (χ3v) is 3.71. The van der Waals surface area contributed by atoms with Crippen LogP contribution >= 0.6 is 0 Å². The molecular weight excluding hydrogens is 308 g/mol. The standard InChI is InChI=1S/C17H24N4O3/c1-10(19-15(22)13(18)17(2,3)4)16-20-14(21-24-16)11-7-6-8-12(9-11)23-5/h6-10,13H,18H2,1-5H3,(H,19,22)/t10?,13-/m1/s1. The van der Waals surface area contributed by atoms with Crippen LogP contribution in [0, 0.1) is 5.41 Å². The summed E-state index contributed by atoms with van der Waals surface area (Å²) in [6.45, 7) is 7.51. The van der Waals surface area contributed by atoms with Crippen LogP contribution in [0.5, 0.6) is 5.75 Å². The van der Waals surface area contributed by atoms with Crippen LogP contribution in [-0.2, 0) is 4.79 Å². The van der Waals surface area contributed by atoms with Gasteiger partial charge >= 0.3 is 0 Å². The van der Waals surface area contributed by atoms with Crippen LogP contribution in [0.4, 0.5) is 0 Å². The van der Waals surface area contributed by atoms with Crippen LogP contribution in [0.3, 0.4) is 0 Å². The fourth-order valence-electron chi connectivity index (χ4n) is 2.05. The maximum atomic E-state index is 12.2. The molecule has 0 bridgehead atoms. The number of carbonyl (C=O) groups is 1. The van der Waals surface area contributed by atoms with E-state index in [0.717, 1.165) is 5.56 Å². The van der Waals surface area contributed by atoms with Gasteiger partial charge in [0.05, 0.1) is 13.2 Å². The molecule has 2 aromatic rings. The summed E-state index contributed by atoms with van der Waals surface area (Å²) in [7, 11) is 1.59. The van der Waals surface area contributed by atoms with Crippen LogP contribution in [0.2, 0.25) is 0 Å². The smallest absolute Gasteiger partial charge is 0.249 e. The number of nitrogens with one attached hydrogen (secondary N) is 1. The lowest BCUT2D eigenvalue weighted by atomic mass is 9.87. The average molecular weight is 332 g/mol. The SMILES string of the molecule is COc1cccc(-c2noc(C(C)NC(=O)[C@@H](N)C(C)(C)C)n2)c1. The van der Waals surface area contributed by atoms with E-state index in [9.17, 15) is 4.79 Å². The highest BCUT2D eigenvalue weighted by molar-refractivity contribution is 5.82. The van der Waals surface area contributed by atoms with E-state index >= 15 is 0 Å². The van der Waals surface area contributed by atoms with Gasteiger partial charge in [0.1, 0.15) is 11.8 Å². The van der Waals surface area contributed by atoms with Gasteiger partial charge in [-0.1, -0.05) is 38.1 Å². The van der Waals surface area contributed by atoms with E-state index in [0.29, 0.717) is 17.5 Å². The number of hydrogen-bond donors (Lipinski definition) is 2. The van der Waals surface area contributed by atoms with Gasteiger partial charge in [-0.15, -0.1) is 0 Å². The Kier molecular flexibility index (Phi) is 5.23. The first kappa shape index (κ1) is 17.9. The zero-order valence-corrected chi connectivity index (χ0v) is 14.7. The number of hydrogen-bond acceptors (Lipinski definition) is 6. The zero-order chi connectivity index (χ0) is 17.9. The number of rotatable bonds is 5. The van der Waals surface area contributed by atoms with Crippen molar-refractivity contribution >= 4 is 5.91 Å². The molecule has 0 spiro atoms. The number of ether oxygens (including phenoxy) is 1. The highest BCUT2D eigenvalue weighted by atomic mass is 16.5. The second-order valence-corrected chi connectivity index (χ2v) is 6.76. The Labute approximate surface area is 141 Å². The highest BCUT2D eigenvalue weighted by Crippen LogP contribution is 2.23. The number of carbonyl (C=O) groups excluding carboxylic acids is 1. The van der Waals surface area contributed by atoms with Gasteiger partial charge in [-0.2, -0.15) is 4.98 Å². The largest absolute Gasteiger partial charge is 0.497 e. The molecule has 2 atom stereocenters. The van der Waals surface area contributed by atoms with E-state index in [2.05, 4.69) is 15.5 Å². The number of nitrogens with two attached hydrogens (primary N) is 1. The van der Waals surface area contributed by atoms with Crippen molar-refractivity contribution in [2.24, 2.45) is 11.1 Å². The molecule has 1 aromatic carbocycles. The van der Waals surface area contributed by atoms with E-state index < -0.39 is 12.1 Å². The summed E-state index contributed by atoms with van der Waals surface area (Å²) in [5, 5.41) is 6.76. The molecule has 1 heterocycles. The molecule has 1 amide bonds. The van der Waals surface area contributed by atoms with Gasteiger partial charge in [-0.3, -0.25) is 4.79 Å². The van der Waals surface area contributed by atoms with Crippen molar-refractivity contribution in [3.8, 4) is 17.1 Å². The number of benzene rings is 1. The lowest BCUT2D eigenvalue weighted by molar-refractivity contribution is -0.125. The van der Waals surface area contributed by atoms with Crippen LogP contribution in [0.15, 0.2) is 28.8 Å². The minimum absolute atomic E-state index is 0.254. The lowest BCUT2D eigenvalue weighted by Gasteiger charge is -2.26. The van der Waals surface area contributed by atoms with E-state index in [-0.39, 0.29) is 11.3 Å². The third kappa shape index (κ3) is 4.11. The van der Waals surface area contributed by atoms with Gasteiger partial charge < -0.3 is 20.3 Å². The molecule has 3 N–H and O–H groups in total. The van der Waals surface area contributed by atoms with Gasteiger partial charge in [-0.05, 0) is 24.5 Å². The van der Waals surface area contributed by atoms with E-state index in [4.69, 9.17) is 15.0 Å². The minimum Gasteiger partial charge on any atom is -0.497 e.